The van der Waals surface area contributed by atoms with Crippen LogP contribution in [0.25, 0.3) is 0 Å². The molecule has 7 heteroatoms. The number of aryl methyl sites for hydroxylation is 1. The van der Waals surface area contributed by atoms with E-state index in [-0.39, 0.29) is 6.03 Å². The van der Waals surface area contributed by atoms with Crippen LogP contribution >= 0.6 is 11.3 Å². The van der Waals surface area contributed by atoms with E-state index >= 15 is 0 Å². The van der Waals surface area contributed by atoms with E-state index in [1.54, 1.807) is 11.9 Å². The average Bonchev–Trinajstić information content (AvgIpc) is 3.00. The van der Waals surface area contributed by atoms with Gasteiger partial charge in [-0.05, 0) is 25.0 Å². The topological polar surface area (TPSA) is 67.4 Å². The fraction of sp³-hybridized carbons (Fsp3) is 0.438. The van der Waals surface area contributed by atoms with Crippen molar-refractivity contribution in [1.29, 1.82) is 0 Å². The fourth-order valence-electron chi connectivity index (χ4n) is 1.92. The molecule has 2 aromatic rings. The Balaban J connectivity index is 1.68. The Labute approximate surface area is 140 Å². The number of aromatic nitrogens is 2. The number of rotatable bonds is 8. The van der Waals surface area contributed by atoms with Gasteiger partial charge < -0.3 is 9.64 Å². The molecule has 0 aliphatic carbocycles. The maximum Gasteiger partial charge on any atom is 0.323 e. The van der Waals surface area contributed by atoms with Gasteiger partial charge in [0.2, 0.25) is 5.13 Å². The van der Waals surface area contributed by atoms with Gasteiger partial charge in [-0.25, -0.2) is 4.79 Å². The number of nitrogens with zero attached hydrogens (tertiary/aromatic N) is 3. The number of urea groups is 1. The van der Waals surface area contributed by atoms with Crippen LogP contribution in [-0.4, -0.2) is 41.3 Å². The molecule has 0 aliphatic rings. The summed E-state index contributed by atoms with van der Waals surface area (Å²) in [6.45, 7) is 3.27. The first-order valence-electron chi connectivity index (χ1n) is 7.71. The molecule has 2 rings (SSSR count). The SMILES string of the molecule is CCCc1nnc(NC(=O)N(C)CCCOc2ccccc2)s1. The molecule has 0 aliphatic heterocycles. The highest BCUT2D eigenvalue weighted by Crippen LogP contribution is 2.16. The van der Waals surface area contributed by atoms with Crippen molar-refractivity contribution in [3.05, 3.63) is 35.3 Å². The summed E-state index contributed by atoms with van der Waals surface area (Å²) in [4.78, 5) is 13.7. The summed E-state index contributed by atoms with van der Waals surface area (Å²) in [5.41, 5.74) is 0. The van der Waals surface area contributed by atoms with Gasteiger partial charge in [-0.2, -0.15) is 0 Å². The van der Waals surface area contributed by atoms with Gasteiger partial charge in [0.05, 0.1) is 6.61 Å². The number of hydrogen-bond acceptors (Lipinski definition) is 5. The lowest BCUT2D eigenvalue weighted by molar-refractivity contribution is 0.216. The fourth-order valence-corrected chi connectivity index (χ4v) is 2.75. The highest BCUT2D eigenvalue weighted by molar-refractivity contribution is 7.15. The minimum Gasteiger partial charge on any atom is -0.494 e. The van der Waals surface area contributed by atoms with Crippen molar-refractivity contribution in [1.82, 2.24) is 15.1 Å². The van der Waals surface area contributed by atoms with Crippen LogP contribution in [0.4, 0.5) is 9.93 Å². The van der Waals surface area contributed by atoms with E-state index in [4.69, 9.17) is 4.74 Å². The van der Waals surface area contributed by atoms with Gasteiger partial charge >= 0.3 is 6.03 Å². The molecule has 0 saturated carbocycles. The van der Waals surface area contributed by atoms with E-state index in [0.717, 1.165) is 30.0 Å². The van der Waals surface area contributed by atoms with Crippen molar-refractivity contribution >= 4 is 22.5 Å². The Kier molecular flexibility index (Phi) is 6.80. The summed E-state index contributed by atoms with van der Waals surface area (Å²) in [5, 5.41) is 12.3. The predicted molar refractivity (Wildman–Crippen MR) is 92.1 cm³/mol. The molecule has 0 unspecified atom stereocenters. The molecule has 2 amide bonds. The second-order valence-electron chi connectivity index (χ2n) is 5.12. The summed E-state index contributed by atoms with van der Waals surface area (Å²) in [7, 11) is 1.76. The minimum absolute atomic E-state index is 0.177. The van der Waals surface area contributed by atoms with Crippen LogP contribution in [0.2, 0.25) is 0 Å². The molecule has 1 heterocycles. The molecule has 1 aromatic heterocycles. The van der Waals surface area contributed by atoms with Crippen molar-refractivity contribution in [3.63, 3.8) is 0 Å². The van der Waals surface area contributed by atoms with E-state index < -0.39 is 0 Å². The summed E-state index contributed by atoms with van der Waals surface area (Å²) in [5.74, 6) is 0.844. The molecule has 1 aromatic carbocycles. The monoisotopic (exact) mass is 334 g/mol. The highest BCUT2D eigenvalue weighted by Gasteiger charge is 2.11. The quantitative estimate of drug-likeness (QED) is 0.751. The molecule has 1 N–H and O–H groups in total. The van der Waals surface area contributed by atoms with Crippen LogP contribution in [0.3, 0.4) is 0 Å². The van der Waals surface area contributed by atoms with Crippen molar-refractivity contribution in [3.8, 4) is 5.75 Å². The molecule has 23 heavy (non-hydrogen) atoms. The Morgan fingerprint density at radius 3 is 2.83 bits per heavy atom. The number of carbonyl (C=O) groups is 1. The number of ether oxygens (including phenoxy) is 1. The third kappa shape index (κ3) is 5.86. The summed E-state index contributed by atoms with van der Waals surface area (Å²) in [6, 6.07) is 9.47. The molecular weight excluding hydrogens is 312 g/mol. The van der Waals surface area contributed by atoms with Gasteiger partial charge in [0.15, 0.2) is 0 Å². The summed E-state index contributed by atoms with van der Waals surface area (Å²) >= 11 is 1.42. The molecule has 0 saturated heterocycles. The van der Waals surface area contributed by atoms with Crippen LogP contribution in [0.15, 0.2) is 30.3 Å². The van der Waals surface area contributed by atoms with Gasteiger partial charge in [-0.15, -0.1) is 10.2 Å². The van der Waals surface area contributed by atoms with E-state index in [1.165, 1.54) is 11.3 Å². The number of amides is 2. The van der Waals surface area contributed by atoms with Crippen molar-refractivity contribution in [2.75, 3.05) is 25.5 Å². The van der Waals surface area contributed by atoms with Crippen molar-refractivity contribution in [2.45, 2.75) is 26.2 Å². The maximum atomic E-state index is 12.1. The Hall–Kier alpha value is -2.15. The van der Waals surface area contributed by atoms with Crippen LogP contribution in [0.5, 0.6) is 5.75 Å². The zero-order valence-electron chi connectivity index (χ0n) is 13.5. The molecule has 0 fully saturated rings. The summed E-state index contributed by atoms with van der Waals surface area (Å²) < 4.78 is 5.61. The maximum absolute atomic E-state index is 12.1. The van der Waals surface area contributed by atoms with Crippen LogP contribution in [-0.2, 0) is 6.42 Å². The van der Waals surface area contributed by atoms with Crippen LogP contribution in [0, 0.1) is 0 Å². The molecule has 0 radical (unpaired) electrons. The molecule has 0 atom stereocenters. The predicted octanol–water partition coefficient (Wildman–Crippen LogP) is 3.42. The Bertz CT molecular complexity index is 603. The Morgan fingerprint density at radius 2 is 2.09 bits per heavy atom. The third-order valence-electron chi connectivity index (χ3n) is 3.14. The van der Waals surface area contributed by atoms with E-state index in [9.17, 15) is 4.79 Å². The number of benzene rings is 1. The van der Waals surface area contributed by atoms with Gasteiger partial charge in [-0.1, -0.05) is 36.5 Å². The molecule has 0 bridgehead atoms. The van der Waals surface area contributed by atoms with Crippen LogP contribution < -0.4 is 10.1 Å². The largest absolute Gasteiger partial charge is 0.494 e. The summed E-state index contributed by atoms with van der Waals surface area (Å²) in [6.07, 6.45) is 2.67. The first-order chi connectivity index (χ1) is 11.2. The highest BCUT2D eigenvalue weighted by atomic mass is 32.1. The molecule has 6 nitrogen and oxygen atoms in total. The number of nitrogens with one attached hydrogen (secondary N) is 1. The molecule has 124 valence electrons. The average molecular weight is 334 g/mol. The Morgan fingerprint density at radius 1 is 1.30 bits per heavy atom. The standard InChI is InChI=1S/C16H22N4O2S/c1-3-8-14-18-19-15(23-14)17-16(21)20(2)11-7-12-22-13-9-5-4-6-10-13/h4-6,9-10H,3,7-8,11-12H2,1-2H3,(H,17,19,21). The van der Waals surface area contributed by atoms with Gasteiger partial charge in [-0.3, -0.25) is 5.32 Å². The lowest BCUT2D eigenvalue weighted by Gasteiger charge is -2.16. The first kappa shape index (κ1) is 17.2. The number of carbonyl (C=O) groups excluding carboxylic acids is 1. The number of anilines is 1. The first-order valence-corrected chi connectivity index (χ1v) is 8.53. The smallest absolute Gasteiger partial charge is 0.323 e. The van der Waals surface area contributed by atoms with Gasteiger partial charge in [0.1, 0.15) is 10.8 Å². The van der Waals surface area contributed by atoms with Crippen molar-refractivity contribution < 1.29 is 9.53 Å². The van der Waals surface area contributed by atoms with Crippen molar-refractivity contribution in [2.24, 2.45) is 0 Å². The third-order valence-corrected chi connectivity index (χ3v) is 4.04. The normalized spacial score (nSPS) is 10.3. The van der Waals surface area contributed by atoms with E-state index in [1.807, 2.05) is 30.3 Å². The zero-order valence-corrected chi connectivity index (χ0v) is 14.3. The zero-order chi connectivity index (χ0) is 16.5. The van der Waals surface area contributed by atoms with Gasteiger partial charge in [0, 0.05) is 20.0 Å². The lowest BCUT2D eigenvalue weighted by atomic mass is 10.3. The molecular formula is C16H22N4O2S. The van der Waals surface area contributed by atoms with Crippen LogP contribution in [0.1, 0.15) is 24.8 Å². The van der Waals surface area contributed by atoms with E-state index in [2.05, 4.69) is 22.4 Å². The minimum atomic E-state index is -0.177. The lowest BCUT2D eigenvalue weighted by Crippen LogP contribution is -2.32. The number of para-hydroxylation sites is 1. The van der Waals surface area contributed by atoms with Gasteiger partial charge in [0.25, 0.3) is 0 Å². The number of hydrogen-bond donors (Lipinski definition) is 1. The second-order valence-corrected chi connectivity index (χ2v) is 6.18. The second kappa shape index (κ2) is 9.09. The molecule has 0 spiro atoms. The van der Waals surface area contributed by atoms with E-state index in [0.29, 0.717) is 18.3 Å².